The highest BCUT2D eigenvalue weighted by Crippen LogP contribution is 2.24. The molecule has 1 aromatic carbocycles. The fraction of sp³-hybridized carbons (Fsp3) is 0.538. The molecule has 0 saturated carbocycles. The molecule has 0 aromatic heterocycles. The lowest BCUT2D eigenvalue weighted by Gasteiger charge is -2.32. The molecule has 0 aliphatic carbocycles. The first-order valence-corrected chi connectivity index (χ1v) is 6.37. The van der Waals surface area contributed by atoms with Crippen molar-refractivity contribution >= 4 is 5.69 Å². The minimum atomic E-state index is -0.532. The second-order valence-corrected chi connectivity index (χ2v) is 4.63. The molecule has 0 bridgehead atoms. The average Bonchev–Trinajstić information content (AvgIpc) is 2.41. The van der Waals surface area contributed by atoms with Crippen LogP contribution in [0.2, 0.25) is 0 Å². The summed E-state index contributed by atoms with van der Waals surface area (Å²) in [7, 11) is 0. The number of rotatable bonds is 4. The third kappa shape index (κ3) is 3.27. The zero-order valence-electron chi connectivity index (χ0n) is 10.8. The molecule has 1 heterocycles. The number of benzene rings is 1. The van der Waals surface area contributed by atoms with Crippen LogP contribution in [0.25, 0.3) is 0 Å². The first kappa shape index (κ1) is 13.9. The molecule has 1 aliphatic heterocycles. The van der Waals surface area contributed by atoms with Crippen molar-refractivity contribution in [3.8, 4) is 0 Å². The van der Waals surface area contributed by atoms with Gasteiger partial charge in [0, 0.05) is 25.7 Å². The predicted molar refractivity (Wildman–Crippen MR) is 68.4 cm³/mol. The molecular weight excluding hydrogens is 251 g/mol. The van der Waals surface area contributed by atoms with Crippen molar-refractivity contribution in [1.29, 1.82) is 0 Å². The number of halogens is 1. The minimum Gasteiger partial charge on any atom is -0.376 e. The molecule has 0 amide bonds. The van der Waals surface area contributed by atoms with Gasteiger partial charge in [-0.25, -0.2) is 4.39 Å². The lowest BCUT2D eigenvalue weighted by Crippen LogP contribution is -2.41. The second-order valence-electron chi connectivity index (χ2n) is 4.63. The third-order valence-corrected chi connectivity index (χ3v) is 3.35. The van der Waals surface area contributed by atoms with E-state index in [1.165, 1.54) is 18.2 Å². The van der Waals surface area contributed by atoms with E-state index in [-0.39, 0.29) is 23.9 Å². The van der Waals surface area contributed by atoms with E-state index in [1.807, 2.05) is 11.8 Å². The number of hydrogen-bond acceptors (Lipinski definition) is 4. The quantitative estimate of drug-likeness (QED) is 0.621. The fourth-order valence-electron chi connectivity index (χ4n) is 2.27. The van der Waals surface area contributed by atoms with Gasteiger partial charge in [0.1, 0.15) is 5.82 Å². The number of morpholine rings is 1. The Morgan fingerprint density at radius 2 is 2.37 bits per heavy atom. The minimum absolute atomic E-state index is 0.125. The van der Waals surface area contributed by atoms with Crippen LogP contribution in [0.15, 0.2) is 18.2 Å². The van der Waals surface area contributed by atoms with Crippen LogP contribution in [0.3, 0.4) is 0 Å². The molecule has 1 saturated heterocycles. The summed E-state index contributed by atoms with van der Waals surface area (Å²) in [5.74, 6) is -0.520. The number of hydrogen-bond donors (Lipinski definition) is 0. The van der Waals surface area contributed by atoms with Gasteiger partial charge < -0.3 is 4.74 Å². The van der Waals surface area contributed by atoms with Crippen LogP contribution in [0, 0.1) is 15.9 Å². The van der Waals surface area contributed by atoms with Gasteiger partial charge >= 0.3 is 0 Å². The molecule has 1 aliphatic rings. The molecule has 19 heavy (non-hydrogen) atoms. The van der Waals surface area contributed by atoms with Crippen LogP contribution in [0.1, 0.15) is 18.9 Å². The van der Waals surface area contributed by atoms with Crippen molar-refractivity contribution in [3.05, 3.63) is 39.7 Å². The van der Waals surface area contributed by atoms with Gasteiger partial charge in [-0.05, 0) is 12.5 Å². The van der Waals surface area contributed by atoms with Crippen LogP contribution in [-0.4, -0.2) is 35.6 Å². The van der Waals surface area contributed by atoms with Gasteiger partial charge in [-0.3, -0.25) is 15.0 Å². The van der Waals surface area contributed by atoms with Crippen LogP contribution >= 0.6 is 0 Å². The zero-order chi connectivity index (χ0) is 13.8. The van der Waals surface area contributed by atoms with E-state index in [9.17, 15) is 14.5 Å². The molecule has 2 rings (SSSR count). The Kier molecular flexibility index (Phi) is 4.44. The molecule has 104 valence electrons. The zero-order valence-corrected chi connectivity index (χ0v) is 10.8. The van der Waals surface area contributed by atoms with E-state index in [4.69, 9.17) is 4.74 Å². The van der Waals surface area contributed by atoms with Gasteiger partial charge in [-0.2, -0.15) is 0 Å². The first-order valence-electron chi connectivity index (χ1n) is 6.37. The topological polar surface area (TPSA) is 55.6 Å². The van der Waals surface area contributed by atoms with Crippen LogP contribution in [0.5, 0.6) is 0 Å². The molecule has 0 unspecified atom stereocenters. The standard InChI is InChI=1S/C13H17FN2O3/c1-2-10-8-15(6-7-19-10)9-11-12(14)4-3-5-13(11)16(17)18/h3-5,10H,2,6-9H2,1H3/t10-/m1/s1. The van der Waals surface area contributed by atoms with Crippen molar-refractivity contribution < 1.29 is 14.1 Å². The van der Waals surface area contributed by atoms with E-state index in [2.05, 4.69) is 0 Å². The van der Waals surface area contributed by atoms with E-state index >= 15 is 0 Å². The smallest absolute Gasteiger partial charge is 0.276 e. The summed E-state index contributed by atoms with van der Waals surface area (Å²) in [6.07, 6.45) is 1.01. The van der Waals surface area contributed by atoms with Gasteiger partial charge in [0.05, 0.1) is 23.2 Å². The molecule has 1 atom stereocenters. The Bertz CT molecular complexity index is 467. The second kappa shape index (κ2) is 6.08. The Morgan fingerprint density at radius 3 is 3.05 bits per heavy atom. The number of nitro groups is 1. The van der Waals surface area contributed by atoms with Crippen LogP contribution < -0.4 is 0 Å². The molecule has 1 fully saturated rings. The van der Waals surface area contributed by atoms with Crippen LogP contribution in [-0.2, 0) is 11.3 Å². The summed E-state index contributed by atoms with van der Waals surface area (Å²) in [6.45, 7) is 4.22. The maximum Gasteiger partial charge on any atom is 0.276 e. The lowest BCUT2D eigenvalue weighted by molar-refractivity contribution is -0.386. The van der Waals surface area contributed by atoms with E-state index in [1.54, 1.807) is 0 Å². The maximum absolute atomic E-state index is 13.8. The summed E-state index contributed by atoms with van der Waals surface area (Å²) in [4.78, 5) is 12.4. The summed E-state index contributed by atoms with van der Waals surface area (Å²) in [5.41, 5.74) is 0.00351. The van der Waals surface area contributed by atoms with E-state index in [0.717, 1.165) is 6.42 Å². The number of ether oxygens (including phenoxy) is 1. The predicted octanol–water partition coefficient (Wildman–Crippen LogP) is 2.34. The molecular formula is C13H17FN2O3. The van der Waals surface area contributed by atoms with Crippen LogP contribution in [0.4, 0.5) is 10.1 Å². The summed E-state index contributed by atoms with van der Waals surface area (Å²) in [5, 5.41) is 10.9. The number of nitrogens with zero attached hydrogens (tertiary/aromatic N) is 2. The highest BCUT2D eigenvalue weighted by Gasteiger charge is 2.24. The SMILES string of the molecule is CC[C@@H]1CN(Cc2c(F)cccc2[N+](=O)[O-])CCO1. The van der Waals surface area contributed by atoms with Crippen molar-refractivity contribution in [3.63, 3.8) is 0 Å². The van der Waals surface area contributed by atoms with Gasteiger partial charge in [0.2, 0.25) is 0 Å². The Hall–Kier alpha value is -1.53. The molecule has 1 aromatic rings. The molecule has 0 spiro atoms. The lowest BCUT2D eigenvalue weighted by atomic mass is 10.1. The molecule has 0 radical (unpaired) electrons. The van der Waals surface area contributed by atoms with Gasteiger partial charge in [-0.1, -0.05) is 13.0 Å². The normalized spacial score (nSPS) is 20.4. The van der Waals surface area contributed by atoms with E-state index in [0.29, 0.717) is 19.7 Å². The molecule has 5 nitrogen and oxygen atoms in total. The monoisotopic (exact) mass is 268 g/mol. The Balaban J connectivity index is 2.16. The van der Waals surface area contributed by atoms with Crippen molar-refractivity contribution in [2.24, 2.45) is 0 Å². The van der Waals surface area contributed by atoms with Crippen molar-refractivity contribution in [1.82, 2.24) is 4.90 Å². The third-order valence-electron chi connectivity index (χ3n) is 3.35. The average molecular weight is 268 g/mol. The van der Waals surface area contributed by atoms with Crippen molar-refractivity contribution in [2.75, 3.05) is 19.7 Å². The summed E-state index contributed by atoms with van der Waals surface area (Å²) < 4.78 is 19.3. The Morgan fingerprint density at radius 1 is 1.58 bits per heavy atom. The highest BCUT2D eigenvalue weighted by molar-refractivity contribution is 5.40. The first-order chi connectivity index (χ1) is 9.11. The van der Waals surface area contributed by atoms with E-state index < -0.39 is 10.7 Å². The largest absolute Gasteiger partial charge is 0.376 e. The Labute approximate surface area is 111 Å². The maximum atomic E-state index is 13.8. The summed E-state index contributed by atoms with van der Waals surface area (Å²) >= 11 is 0. The van der Waals surface area contributed by atoms with Gasteiger partial charge in [-0.15, -0.1) is 0 Å². The van der Waals surface area contributed by atoms with Gasteiger partial charge in [0.25, 0.3) is 5.69 Å². The highest BCUT2D eigenvalue weighted by atomic mass is 19.1. The fourth-order valence-corrected chi connectivity index (χ4v) is 2.27. The summed E-state index contributed by atoms with van der Waals surface area (Å²) in [6, 6.07) is 3.97. The molecule has 0 N–H and O–H groups in total. The van der Waals surface area contributed by atoms with Crippen molar-refractivity contribution in [2.45, 2.75) is 26.0 Å². The molecule has 6 heteroatoms. The van der Waals surface area contributed by atoms with Gasteiger partial charge in [0.15, 0.2) is 0 Å². The number of nitro benzene ring substituents is 1.